The Balaban J connectivity index is 3.10. The van der Waals surface area contributed by atoms with E-state index in [0.717, 1.165) is 25.1 Å². The molecular weight excluding hydrogens is 544 g/mol. The molecule has 38 heavy (non-hydrogen) atoms. The number of rotatable bonds is 8. The minimum atomic E-state index is -3.31. The van der Waals surface area contributed by atoms with Gasteiger partial charge in [0.05, 0.1) is 40.9 Å². The predicted molar refractivity (Wildman–Crippen MR) is 122 cm³/mol. The molecule has 2 rings (SSSR count). The minimum Gasteiger partial charge on any atom is -0.399 e. The zero-order valence-electron chi connectivity index (χ0n) is 18.4. The number of amides is 4. The number of isothiocyanates is 1. The molecule has 2 atom stereocenters. The van der Waals surface area contributed by atoms with Crippen molar-refractivity contribution in [2.24, 2.45) is 10.1 Å². The van der Waals surface area contributed by atoms with Crippen LogP contribution in [0.2, 0.25) is 0 Å². The minimum absolute atomic E-state index is 0.0754. The molecule has 19 heteroatoms. The van der Waals surface area contributed by atoms with Crippen LogP contribution in [0.25, 0.3) is 4.85 Å². The Hall–Kier alpha value is -5.49. The number of nitrogens with one attached hydrogen (secondary N) is 2. The van der Waals surface area contributed by atoms with Gasteiger partial charge in [-0.2, -0.15) is 26.0 Å². The Morgan fingerprint density at radius 1 is 1.32 bits per heavy atom. The summed E-state index contributed by atoms with van der Waals surface area (Å²) in [5.74, 6) is -6.82. The first kappa shape index (κ1) is 28.7. The first-order chi connectivity index (χ1) is 18.1. The first-order valence-electron chi connectivity index (χ1n) is 9.29. The van der Waals surface area contributed by atoms with Gasteiger partial charge in [-0.15, -0.1) is 5.26 Å². The molecule has 0 spiro atoms. The monoisotopic (exact) mass is 552 g/mol. The largest absolute Gasteiger partial charge is 0.399 e. The van der Waals surface area contributed by atoms with Crippen LogP contribution in [0.1, 0.15) is 22.8 Å². The van der Waals surface area contributed by atoms with Gasteiger partial charge in [-0.05, 0) is 18.3 Å². The Labute approximate surface area is 221 Å². The number of imide groups is 1. The highest BCUT2D eigenvalue weighted by Gasteiger charge is 2.77. The highest BCUT2D eigenvalue weighted by molar-refractivity contribution is 8.02. The van der Waals surface area contributed by atoms with Crippen LogP contribution in [-0.2, 0) is 19.2 Å². The third-order valence-corrected chi connectivity index (χ3v) is 5.46. The number of ether oxygens (including phenoxy) is 1. The topological polar surface area (TPSA) is 246 Å². The Bertz CT molecular complexity index is 1520. The molecule has 3 N–H and O–H groups in total. The van der Waals surface area contributed by atoms with Crippen LogP contribution in [0.5, 0.6) is 5.75 Å². The van der Waals surface area contributed by atoms with Crippen LogP contribution in [0.15, 0.2) is 22.2 Å². The lowest BCUT2D eigenvalue weighted by Crippen LogP contribution is -2.77. The molecule has 1 fully saturated rings. The van der Waals surface area contributed by atoms with Gasteiger partial charge in [0.2, 0.25) is 11.6 Å². The lowest BCUT2D eigenvalue weighted by Gasteiger charge is -2.41. The molecule has 1 saturated heterocycles. The van der Waals surface area contributed by atoms with E-state index in [9.17, 15) is 34.4 Å². The summed E-state index contributed by atoms with van der Waals surface area (Å²) in [5.41, 5.74) is -6.91. The van der Waals surface area contributed by atoms with E-state index >= 15 is 0 Å². The normalized spacial score (nSPS) is 19.4. The van der Waals surface area contributed by atoms with Gasteiger partial charge < -0.3 is 15.3 Å². The van der Waals surface area contributed by atoms with Gasteiger partial charge in [0.25, 0.3) is 41.4 Å². The van der Waals surface area contributed by atoms with Gasteiger partial charge in [0.15, 0.2) is 11.2 Å². The summed E-state index contributed by atoms with van der Waals surface area (Å²) in [6.07, 6.45) is 2.15. The maximum atomic E-state index is 13.8. The quantitative estimate of drug-likeness (QED) is 0.0434. The summed E-state index contributed by atoms with van der Waals surface area (Å²) in [5, 5.41) is 45.4. The van der Waals surface area contributed by atoms with Crippen molar-refractivity contribution < 1.29 is 33.9 Å². The zero-order valence-corrected chi connectivity index (χ0v) is 20.1. The lowest BCUT2D eigenvalue weighted by atomic mass is 9.93. The van der Waals surface area contributed by atoms with Gasteiger partial charge >= 0.3 is 0 Å². The fraction of sp³-hybridized carbons (Fsp3) is 0.158. The van der Waals surface area contributed by atoms with Crippen molar-refractivity contribution in [3.8, 4) is 23.5 Å². The second-order valence-corrected chi connectivity index (χ2v) is 7.48. The summed E-state index contributed by atoms with van der Waals surface area (Å²) in [4.78, 5) is 70.8. The molecule has 188 valence electrons. The molecule has 0 radical (unpaired) electrons. The summed E-state index contributed by atoms with van der Waals surface area (Å²) < 4.78 is 4.78. The molecule has 1 aromatic rings. The molecule has 0 saturated carbocycles. The molecule has 4 amide bonds. The van der Waals surface area contributed by atoms with E-state index in [2.05, 4.69) is 27.2 Å². The average molecular weight is 552 g/mol. The second kappa shape index (κ2) is 11.5. The molecule has 0 bridgehead atoms. The molecule has 1 aliphatic rings. The van der Waals surface area contributed by atoms with Crippen LogP contribution < -0.4 is 15.5 Å². The summed E-state index contributed by atoms with van der Waals surface area (Å²) in [6.45, 7) is 8.11. The lowest BCUT2D eigenvalue weighted by molar-refractivity contribution is -0.147. The van der Waals surface area contributed by atoms with Gasteiger partial charge in [-0.1, -0.05) is 11.2 Å². The first-order valence-corrected chi connectivity index (χ1v) is 10.5. The van der Waals surface area contributed by atoms with Gasteiger partial charge in [0.1, 0.15) is 0 Å². The number of benzene rings is 1. The Kier molecular flexibility index (Phi) is 8.70. The van der Waals surface area contributed by atoms with E-state index in [0.29, 0.717) is 0 Å². The Morgan fingerprint density at radius 3 is 2.47 bits per heavy atom. The van der Waals surface area contributed by atoms with E-state index in [4.69, 9.17) is 21.8 Å². The Morgan fingerprint density at radius 2 is 2.00 bits per heavy atom. The molecule has 17 nitrogen and oxygen atoms in total. The van der Waals surface area contributed by atoms with Crippen LogP contribution in [0.3, 0.4) is 0 Å². The number of hydroxylamine groups is 1. The van der Waals surface area contributed by atoms with Crippen molar-refractivity contribution in [2.75, 3.05) is 0 Å². The third-order valence-electron chi connectivity index (χ3n) is 4.77. The standard InChI is InChI=1S/C19H8N10O7S2/c1-10(31)26-19(17(34)28(38-7-22)16(33)18(19,27-35)24-9-37)29(25-8-30)15(32)12-4-3-11(5-20)13(23-2)14(12)36-6-21/h3-4,27,35H,1H3,(H,26,31). The molecular formula is C19H8N10O7S2. The number of aliphatic imine (C=N–C) groups is 1. The van der Waals surface area contributed by atoms with E-state index in [-0.39, 0.29) is 26.8 Å². The smallest absolute Gasteiger partial charge is 0.293 e. The van der Waals surface area contributed by atoms with Crippen molar-refractivity contribution in [3.63, 3.8) is 0 Å². The van der Waals surface area contributed by atoms with Crippen LogP contribution in [-0.4, -0.2) is 60.7 Å². The van der Waals surface area contributed by atoms with Gasteiger partial charge in [-0.3, -0.25) is 19.2 Å². The molecule has 1 aromatic carbocycles. The number of hydrogen-bond acceptors (Lipinski definition) is 15. The molecule has 0 aromatic heterocycles. The van der Waals surface area contributed by atoms with E-state index in [1.165, 1.54) is 17.1 Å². The number of hydrazone groups is 1. The van der Waals surface area contributed by atoms with E-state index in [1.807, 2.05) is 5.32 Å². The molecule has 2 unspecified atom stereocenters. The van der Waals surface area contributed by atoms with E-state index < -0.39 is 52.0 Å². The number of isocyanates is 1. The summed E-state index contributed by atoms with van der Waals surface area (Å²) in [7, 11) is 0. The maximum Gasteiger partial charge on any atom is 0.293 e. The second-order valence-electron chi connectivity index (χ2n) is 6.57. The fourth-order valence-corrected chi connectivity index (χ4v) is 4.03. The van der Waals surface area contributed by atoms with Crippen LogP contribution in [0.4, 0.5) is 5.69 Å². The number of nitriles is 3. The highest BCUT2D eigenvalue weighted by atomic mass is 32.2. The zero-order chi connectivity index (χ0) is 28.7. The number of thiocarbonyl (C=S) groups is 1. The van der Waals surface area contributed by atoms with Gasteiger partial charge in [0, 0.05) is 6.92 Å². The average Bonchev–Trinajstić information content (AvgIpc) is 3.06. The number of thiocyanates is 1. The molecule has 0 aliphatic carbocycles. The highest BCUT2D eigenvalue weighted by Crippen LogP contribution is 2.43. The number of nitrogens with zero attached hydrogens (tertiary/aromatic N) is 8. The predicted octanol–water partition coefficient (Wildman–Crippen LogP) is -0.230. The summed E-state index contributed by atoms with van der Waals surface area (Å²) in [6, 6.07) is 3.43. The molecule has 1 aliphatic heterocycles. The number of carbonyl (C=O) groups excluding carboxylic acids is 5. The third kappa shape index (κ3) is 4.20. The van der Waals surface area contributed by atoms with Crippen molar-refractivity contribution in [1.82, 2.24) is 20.1 Å². The number of hydrogen-bond donors (Lipinski definition) is 3. The van der Waals surface area contributed by atoms with E-state index in [1.54, 1.807) is 11.2 Å². The van der Waals surface area contributed by atoms with Gasteiger partial charge in [-0.25, -0.2) is 13.9 Å². The SMILES string of the molecule is [C-]#[N+]c1c(C#N)ccc(C(=O)N(N=C=O)C2(NC(C)=O)C(=O)N(SC#N)C(=O)C2(N=C=S)NO)c1OC#N. The summed E-state index contributed by atoms with van der Waals surface area (Å²) >= 11 is 4.39. The van der Waals surface area contributed by atoms with Crippen LogP contribution in [0, 0.1) is 40.1 Å². The van der Waals surface area contributed by atoms with Crippen molar-refractivity contribution in [2.45, 2.75) is 18.2 Å². The van der Waals surface area contributed by atoms with Crippen molar-refractivity contribution in [3.05, 3.63) is 34.7 Å². The fourth-order valence-electron chi connectivity index (χ4n) is 3.38. The van der Waals surface area contributed by atoms with Crippen molar-refractivity contribution >= 4 is 64.7 Å². The maximum absolute atomic E-state index is 13.8. The number of carbonyl (C=O) groups is 4. The molecule has 1 heterocycles. The van der Waals surface area contributed by atoms with Crippen LogP contribution >= 0.6 is 24.2 Å². The van der Waals surface area contributed by atoms with Crippen molar-refractivity contribution in [1.29, 1.82) is 15.8 Å².